The third-order valence-electron chi connectivity index (χ3n) is 0.844. The zero-order chi connectivity index (χ0) is 8.58. The van der Waals surface area contributed by atoms with E-state index in [0.29, 0.717) is 0 Å². The monoisotopic (exact) mass is 224 g/mol. The van der Waals surface area contributed by atoms with Gasteiger partial charge < -0.3 is 14.4 Å². The molecule has 0 aliphatic heterocycles. The average Bonchev–Trinajstić information content (AvgIpc) is 1.62. The van der Waals surface area contributed by atoms with Gasteiger partial charge >= 0.3 is 0 Å². The Kier molecular flexibility index (Phi) is 3.50. The van der Waals surface area contributed by atoms with Crippen LogP contribution in [-0.4, -0.2) is 9.45 Å². The number of alkyl halides is 3. The van der Waals surface area contributed by atoms with Gasteiger partial charge in [-0.05, 0) is 14.5 Å². The number of hydrogen-bond acceptors (Lipinski definition) is 3. The Morgan fingerprint density at radius 2 is 1.80 bits per heavy atom. The number of rotatable bonds is 2. The molecule has 1 unspecified atom stereocenters. The summed E-state index contributed by atoms with van der Waals surface area (Å²) in [7, 11) is -5.03. The van der Waals surface area contributed by atoms with Crippen LogP contribution in [0.15, 0.2) is 0 Å². The highest BCUT2D eigenvalue weighted by Gasteiger charge is 2.34. The molecule has 0 aromatic carbocycles. The van der Waals surface area contributed by atoms with E-state index in [-0.39, 0.29) is 0 Å². The molecule has 1 atom stereocenters. The van der Waals surface area contributed by atoms with Gasteiger partial charge in [-0.15, -0.1) is 11.6 Å². The van der Waals surface area contributed by atoms with Gasteiger partial charge in [0, 0.05) is 0 Å². The van der Waals surface area contributed by atoms with Crippen LogP contribution in [0.5, 0.6) is 0 Å². The third-order valence-corrected chi connectivity index (χ3v) is 4.56. The van der Waals surface area contributed by atoms with E-state index < -0.39 is 17.0 Å². The first-order valence-corrected chi connectivity index (χ1v) is 4.97. The molecule has 0 aliphatic carbocycles. The van der Waals surface area contributed by atoms with Crippen molar-refractivity contribution >= 4 is 42.4 Å². The Morgan fingerprint density at radius 1 is 1.50 bits per heavy atom. The first kappa shape index (κ1) is 11.0. The normalized spacial score (nSPS) is 17.0. The van der Waals surface area contributed by atoms with Crippen molar-refractivity contribution in [3.63, 3.8) is 0 Å². The first-order valence-electron chi connectivity index (χ1n) is 2.23. The minimum Gasteiger partial charge on any atom is -0.809 e. The molecule has 0 heterocycles. The maximum Gasteiger partial charge on any atom is 0.160 e. The van der Waals surface area contributed by atoms with E-state index in [1.807, 2.05) is 0 Å². The summed E-state index contributed by atoms with van der Waals surface area (Å²) in [6.07, 6.45) is 0. The second kappa shape index (κ2) is 3.18. The fourth-order valence-electron chi connectivity index (χ4n) is 0.218. The molecule has 0 fully saturated rings. The topological polar surface area (TPSA) is 63.2 Å². The van der Waals surface area contributed by atoms with Crippen LogP contribution in [0.25, 0.3) is 0 Å². The molecular weight excluding hydrogens is 221 g/mol. The molecule has 7 heteroatoms. The molecule has 0 N–H and O–H groups in total. The van der Waals surface area contributed by atoms with Gasteiger partial charge in [-0.2, -0.15) is 0 Å². The Balaban J connectivity index is 4.58. The molecule has 0 bridgehead atoms. The summed E-state index contributed by atoms with van der Waals surface area (Å²) in [5, 5.41) is -1.13. The number of hydrogen-bond donors (Lipinski definition) is 0. The summed E-state index contributed by atoms with van der Waals surface area (Å²) in [5.41, 5.74) is 0. The molecule has 0 rings (SSSR count). The lowest BCUT2D eigenvalue weighted by molar-refractivity contribution is -0.316. The molecule has 0 aromatic heterocycles. The van der Waals surface area contributed by atoms with Crippen LogP contribution < -0.4 is 9.79 Å². The number of halogens is 3. The van der Waals surface area contributed by atoms with E-state index >= 15 is 0 Å². The van der Waals surface area contributed by atoms with Crippen molar-refractivity contribution in [1.29, 1.82) is 0 Å². The van der Waals surface area contributed by atoms with Crippen molar-refractivity contribution in [3.05, 3.63) is 0 Å². The highest BCUT2D eigenvalue weighted by atomic mass is 35.5. The maximum atomic E-state index is 10.2. The molecule has 0 saturated heterocycles. The van der Waals surface area contributed by atoms with Crippen molar-refractivity contribution in [2.75, 3.05) is 0 Å². The lowest BCUT2D eigenvalue weighted by Gasteiger charge is -2.42. The Labute approximate surface area is 73.4 Å². The second-order valence-electron chi connectivity index (χ2n) is 1.70. The minimum absolute atomic E-state index is 1.13. The smallest absolute Gasteiger partial charge is 0.160 e. The Hall–Kier alpha value is 1.02. The zero-order valence-electron chi connectivity index (χ0n) is 4.88. The van der Waals surface area contributed by atoms with Gasteiger partial charge in [-0.1, -0.05) is 23.2 Å². The van der Waals surface area contributed by atoms with Crippen molar-refractivity contribution < 1.29 is 14.4 Å². The van der Waals surface area contributed by atoms with Crippen LogP contribution in [0.4, 0.5) is 0 Å². The maximum absolute atomic E-state index is 10.2. The Bertz CT molecular complexity index is 162. The molecule has 0 aromatic rings. The van der Waals surface area contributed by atoms with Crippen molar-refractivity contribution in [1.82, 2.24) is 0 Å². The summed E-state index contributed by atoms with van der Waals surface area (Å²) >= 11 is 15.4. The van der Waals surface area contributed by atoms with Crippen LogP contribution in [-0.2, 0) is 4.57 Å². The van der Waals surface area contributed by atoms with Crippen LogP contribution in [0.1, 0.15) is 6.92 Å². The summed E-state index contributed by atoms with van der Waals surface area (Å²) in [5.74, 6) is 0. The van der Waals surface area contributed by atoms with Gasteiger partial charge in [0.1, 0.15) is 0 Å². The van der Waals surface area contributed by atoms with Gasteiger partial charge in [0.15, 0.2) is 4.07 Å². The predicted molar refractivity (Wildman–Crippen MR) is 37.4 cm³/mol. The van der Waals surface area contributed by atoms with E-state index in [2.05, 4.69) is 0 Å². The van der Waals surface area contributed by atoms with Gasteiger partial charge in [0.05, 0.1) is 5.38 Å². The minimum atomic E-state index is -5.03. The summed E-state index contributed by atoms with van der Waals surface area (Å²) < 4.78 is 7.81. The highest BCUT2D eigenvalue weighted by molar-refractivity contribution is 7.55. The van der Waals surface area contributed by atoms with Gasteiger partial charge in [0.25, 0.3) is 0 Å². The quantitative estimate of drug-likeness (QED) is 0.512. The van der Waals surface area contributed by atoms with Crippen LogP contribution in [0.3, 0.4) is 0 Å². The van der Waals surface area contributed by atoms with Crippen LogP contribution >= 0.6 is 42.4 Å². The lowest BCUT2D eigenvalue weighted by Crippen LogP contribution is -2.35. The zero-order valence-corrected chi connectivity index (χ0v) is 8.05. The molecule has 0 aliphatic rings. The summed E-state index contributed by atoms with van der Waals surface area (Å²) in [6, 6.07) is 0. The van der Waals surface area contributed by atoms with Crippen LogP contribution in [0.2, 0.25) is 0 Å². The summed E-state index contributed by atoms with van der Waals surface area (Å²) in [6.45, 7) is 1.23. The fourth-order valence-corrected chi connectivity index (χ4v) is 1.01. The predicted octanol–water partition coefficient (Wildman–Crippen LogP) is 0.659. The van der Waals surface area contributed by atoms with E-state index in [1.165, 1.54) is 6.92 Å². The molecule has 3 nitrogen and oxygen atoms in total. The van der Waals surface area contributed by atoms with E-state index in [9.17, 15) is 14.4 Å². The molecule has 0 saturated carbocycles. The Morgan fingerprint density at radius 3 is 1.80 bits per heavy atom. The van der Waals surface area contributed by atoms with Crippen molar-refractivity contribution in [3.8, 4) is 0 Å². The average molecular weight is 225 g/mol. The SMILES string of the molecule is CC(Cl)C(Cl)(Cl)P(=O)([O-])[O-]. The van der Waals surface area contributed by atoms with Crippen molar-refractivity contribution in [2.45, 2.75) is 16.4 Å². The fraction of sp³-hybridized carbons (Fsp3) is 1.00. The first-order chi connectivity index (χ1) is 4.19. The highest BCUT2D eigenvalue weighted by Crippen LogP contribution is 2.53. The summed E-state index contributed by atoms with van der Waals surface area (Å²) in [4.78, 5) is 20.4. The van der Waals surface area contributed by atoms with E-state index in [1.54, 1.807) is 0 Å². The molecule has 0 amide bonds. The largest absolute Gasteiger partial charge is 0.809 e. The molecule has 0 radical (unpaired) electrons. The molecule has 0 spiro atoms. The second-order valence-corrected chi connectivity index (χ2v) is 5.97. The van der Waals surface area contributed by atoms with Crippen molar-refractivity contribution in [2.24, 2.45) is 0 Å². The van der Waals surface area contributed by atoms with Gasteiger partial charge in [0.2, 0.25) is 0 Å². The van der Waals surface area contributed by atoms with Crippen LogP contribution in [0, 0.1) is 0 Å². The molecular formula is C3H4Cl3O3P-2. The van der Waals surface area contributed by atoms with E-state index in [4.69, 9.17) is 34.8 Å². The molecule has 10 heavy (non-hydrogen) atoms. The molecule has 62 valence electrons. The third kappa shape index (κ3) is 2.26. The van der Waals surface area contributed by atoms with Gasteiger partial charge in [-0.25, -0.2) is 0 Å². The lowest BCUT2D eigenvalue weighted by atomic mass is 10.5. The van der Waals surface area contributed by atoms with Gasteiger partial charge in [-0.3, -0.25) is 0 Å². The van der Waals surface area contributed by atoms with E-state index in [0.717, 1.165) is 0 Å². The standard InChI is InChI=1S/C3H6Cl3O3P/c1-2(4)3(5,6)10(7,8)9/h2H,1H3,(H2,7,8,9)/p-2.